The molecular formula is C19H8F6N4O8. The molecule has 37 heavy (non-hydrogen) atoms. The van der Waals surface area contributed by atoms with Gasteiger partial charge in [-0.15, -0.1) is 6.42 Å². The molecule has 1 N–H and O–H groups in total. The second-order valence-electron chi connectivity index (χ2n) is 6.87. The number of halogens is 6. The zero-order chi connectivity index (χ0) is 27.9. The number of fused-ring (bicyclic) bond motifs is 2. The third kappa shape index (κ3) is 5.00. The zero-order valence-corrected chi connectivity index (χ0v) is 17.5. The Balaban J connectivity index is 0.000000208. The van der Waals surface area contributed by atoms with Gasteiger partial charge in [0.05, 0.1) is 27.8 Å². The summed E-state index contributed by atoms with van der Waals surface area (Å²) >= 11 is 0. The predicted molar refractivity (Wildman–Crippen MR) is 107 cm³/mol. The van der Waals surface area contributed by atoms with Crippen molar-refractivity contribution < 1.29 is 55.3 Å². The molecule has 0 atom stereocenters. The number of carbonyl (C=O) groups excluding carboxylic acids is 2. The minimum Gasteiger partial charge on any atom is -0.423 e. The molecule has 194 valence electrons. The smallest absolute Gasteiger partial charge is 0.423 e. The highest BCUT2D eigenvalue weighted by Crippen LogP contribution is 2.42. The Morgan fingerprint density at radius 3 is 1.97 bits per heavy atom. The van der Waals surface area contributed by atoms with Crippen LogP contribution in [0.15, 0.2) is 24.3 Å². The summed E-state index contributed by atoms with van der Waals surface area (Å²) in [5.74, 6) is -5.65. The van der Waals surface area contributed by atoms with Crippen molar-refractivity contribution in [1.82, 2.24) is 0 Å². The third-order valence-corrected chi connectivity index (χ3v) is 4.49. The van der Waals surface area contributed by atoms with Gasteiger partial charge in [0.2, 0.25) is 11.6 Å². The topological polar surface area (TPSA) is 154 Å². The lowest BCUT2D eigenvalue weighted by molar-refractivity contribution is -0.387. The summed E-state index contributed by atoms with van der Waals surface area (Å²) in [5.41, 5.74) is -2.69. The van der Waals surface area contributed by atoms with E-state index in [0.717, 1.165) is 0 Å². The quantitative estimate of drug-likeness (QED) is 0.272. The maximum Gasteiger partial charge on any atom is 0.483 e. The Morgan fingerprint density at radius 1 is 0.919 bits per heavy atom. The normalized spacial score (nSPS) is 16.4. The van der Waals surface area contributed by atoms with Crippen LogP contribution in [0, 0.1) is 44.2 Å². The van der Waals surface area contributed by atoms with E-state index in [9.17, 15) is 56.2 Å². The number of nitro benzene ring substituents is 2. The van der Waals surface area contributed by atoms with Crippen LogP contribution in [0.25, 0.3) is 0 Å². The number of hydrogen-bond donors (Lipinski definition) is 1. The average Bonchev–Trinajstić information content (AvgIpc) is 2.77. The van der Waals surface area contributed by atoms with E-state index in [4.69, 9.17) is 6.42 Å². The Labute approximate surface area is 199 Å². The number of anilines is 2. The van der Waals surface area contributed by atoms with Crippen LogP contribution in [0.2, 0.25) is 0 Å². The summed E-state index contributed by atoms with van der Waals surface area (Å²) in [6, 6.07) is 2.06. The highest BCUT2D eigenvalue weighted by molar-refractivity contribution is 6.01. The number of ether oxygens (including phenoxy) is 2. The van der Waals surface area contributed by atoms with Crippen LogP contribution in [-0.4, -0.2) is 40.4 Å². The lowest BCUT2D eigenvalue weighted by atomic mass is 10.2. The number of carbonyl (C=O) groups is 2. The predicted octanol–water partition coefficient (Wildman–Crippen LogP) is 3.34. The van der Waals surface area contributed by atoms with Crippen molar-refractivity contribution in [2.24, 2.45) is 0 Å². The number of amides is 2. The summed E-state index contributed by atoms with van der Waals surface area (Å²) in [6.45, 7) is -0.562. The van der Waals surface area contributed by atoms with E-state index in [1.165, 1.54) is 0 Å². The van der Waals surface area contributed by atoms with Crippen LogP contribution in [0.4, 0.5) is 49.1 Å². The number of rotatable bonds is 3. The molecule has 0 radical (unpaired) electrons. The molecule has 2 heterocycles. The van der Waals surface area contributed by atoms with Crippen LogP contribution in [-0.2, 0) is 9.59 Å². The number of nitro groups is 2. The summed E-state index contributed by atoms with van der Waals surface area (Å²) in [4.78, 5) is 41.6. The molecular weight excluding hydrogens is 526 g/mol. The highest BCUT2D eigenvalue weighted by Gasteiger charge is 2.51. The molecule has 0 aromatic heterocycles. The van der Waals surface area contributed by atoms with Crippen LogP contribution in [0.5, 0.6) is 11.5 Å². The average molecular weight is 534 g/mol. The number of nitrogens with one attached hydrogen (secondary N) is 1. The number of terminal acetylenes is 1. The van der Waals surface area contributed by atoms with Crippen LogP contribution in [0.1, 0.15) is 0 Å². The first-order valence-corrected chi connectivity index (χ1v) is 9.25. The van der Waals surface area contributed by atoms with E-state index >= 15 is 0 Å². The largest absolute Gasteiger partial charge is 0.483 e. The standard InChI is InChI=1S/C11H5F3N2O4.C8H3F3N2O4/c1-2-3-15-8-5-7(16(18)19)6(12)4-9(8)20-11(13,14)10(15)17;9-3-1-6-4(2-5(3)13(15)16)12-7(14)8(10,11)17-6/h1,4-5H,3H2;1-2H,(H,12,14). The Hall–Kier alpha value is -5.08. The van der Waals surface area contributed by atoms with E-state index in [0.29, 0.717) is 29.2 Å². The van der Waals surface area contributed by atoms with E-state index in [1.54, 1.807) is 5.32 Å². The molecule has 0 unspecified atom stereocenters. The van der Waals surface area contributed by atoms with E-state index in [1.807, 2.05) is 5.92 Å². The van der Waals surface area contributed by atoms with Gasteiger partial charge in [-0.3, -0.25) is 34.7 Å². The van der Waals surface area contributed by atoms with Crippen molar-refractivity contribution in [3.63, 3.8) is 0 Å². The first kappa shape index (κ1) is 26.5. The third-order valence-electron chi connectivity index (χ3n) is 4.49. The first-order valence-electron chi connectivity index (χ1n) is 9.25. The maximum atomic E-state index is 13.4. The van der Waals surface area contributed by atoms with Crippen LogP contribution >= 0.6 is 0 Å². The van der Waals surface area contributed by atoms with Crippen molar-refractivity contribution in [3.05, 3.63) is 56.1 Å². The van der Waals surface area contributed by atoms with Crippen molar-refractivity contribution >= 4 is 34.6 Å². The molecule has 18 heteroatoms. The van der Waals surface area contributed by atoms with Crippen molar-refractivity contribution in [2.75, 3.05) is 16.8 Å². The molecule has 2 aromatic rings. The van der Waals surface area contributed by atoms with E-state index in [2.05, 4.69) is 9.47 Å². The van der Waals surface area contributed by atoms with Gasteiger partial charge >= 0.3 is 35.4 Å². The molecule has 0 aliphatic carbocycles. The van der Waals surface area contributed by atoms with E-state index < -0.39 is 74.9 Å². The lowest BCUT2D eigenvalue weighted by Crippen LogP contribution is -2.51. The van der Waals surface area contributed by atoms with Crippen molar-refractivity contribution in [1.29, 1.82) is 0 Å². The van der Waals surface area contributed by atoms with Gasteiger partial charge in [0.25, 0.3) is 0 Å². The number of hydrogen-bond acceptors (Lipinski definition) is 8. The van der Waals surface area contributed by atoms with Gasteiger partial charge in [0.1, 0.15) is 0 Å². The van der Waals surface area contributed by atoms with Gasteiger partial charge in [0.15, 0.2) is 11.5 Å². The summed E-state index contributed by atoms with van der Waals surface area (Å²) < 4.78 is 86.6. The second kappa shape index (κ2) is 9.18. The molecule has 0 bridgehead atoms. The van der Waals surface area contributed by atoms with Crippen molar-refractivity contribution in [2.45, 2.75) is 12.2 Å². The summed E-state index contributed by atoms with van der Waals surface area (Å²) in [7, 11) is 0. The molecule has 0 spiro atoms. The van der Waals surface area contributed by atoms with Gasteiger partial charge in [-0.05, 0) is 0 Å². The molecule has 0 fully saturated rings. The van der Waals surface area contributed by atoms with Gasteiger partial charge in [-0.2, -0.15) is 26.3 Å². The molecule has 12 nitrogen and oxygen atoms in total. The maximum absolute atomic E-state index is 13.4. The molecule has 4 rings (SSSR count). The second-order valence-corrected chi connectivity index (χ2v) is 6.87. The zero-order valence-electron chi connectivity index (χ0n) is 17.5. The Bertz CT molecular complexity index is 1390. The molecule has 2 amide bonds. The molecule has 0 saturated carbocycles. The monoisotopic (exact) mass is 534 g/mol. The van der Waals surface area contributed by atoms with E-state index in [-0.39, 0.29) is 11.4 Å². The Morgan fingerprint density at radius 2 is 1.43 bits per heavy atom. The molecule has 2 aliphatic heterocycles. The van der Waals surface area contributed by atoms with Gasteiger partial charge < -0.3 is 14.8 Å². The lowest BCUT2D eigenvalue weighted by Gasteiger charge is -2.32. The highest BCUT2D eigenvalue weighted by atomic mass is 19.3. The van der Waals surface area contributed by atoms with Gasteiger partial charge in [-0.1, -0.05) is 5.92 Å². The summed E-state index contributed by atoms with van der Waals surface area (Å²) in [6.07, 6.45) is -3.39. The van der Waals surface area contributed by atoms with Gasteiger partial charge in [-0.25, -0.2) is 0 Å². The fourth-order valence-electron chi connectivity index (χ4n) is 2.91. The Kier molecular flexibility index (Phi) is 6.58. The first-order chi connectivity index (χ1) is 17.1. The number of alkyl halides is 4. The fourth-order valence-corrected chi connectivity index (χ4v) is 2.91. The molecule has 2 aromatic carbocycles. The SMILES string of the molecule is C#CCN1C(=O)C(F)(F)Oc2cc(F)c([N+](=O)[O-])cc21.O=C1Nc2cc([N+](=O)[O-])c(F)cc2OC1(F)F. The van der Waals surface area contributed by atoms with Crippen LogP contribution in [0.3, 0.4) is 0 Å². The fraction of sp³-hybridized carbons (Fsp3) is 0.158. The number of nitrogens with zero attached hydrogens (tertiary/aromatic N) is 3. The minimum atomic E-state index is -4.22. The molecule has 2 aliphatic rings. The van der Waals surface area contributed by atoms with Gasteiger partial charge in [0, 0.05) is 24.3 Å². The summed E-state index contributed by atoms with van der Waals surface area (Å²) in [5, 5.41) is 22.7. The van der Waals surface area contributed by atoms with Crippen LogP contribution < -0.4 is 19.7 Å². The van der Waals surface area contributed by atoms with Crippen molar-refractivity contribution in [3.8, 4) is 23.8 Å². The minimum absolute atomic E-state index is 0.381. The molecule has 0 saturated heterocycles. The number of benzene rings is 2.